The lowest BCUT2D eigenvalue weighted by Gasteiger charge is -2.15. The molecule has 1 aromatic rings. The largest absolute Gasteiger partial charge is 0.497 e. The van der Waals surface area contributed by atoms with Crippen molar-refractivity contribution in [1.82, 2.24) is 5.01 Å². The molecule has 0 aliphatic carbocycles. The Morgan fingerprint density at radius 2 is 2.10 bits per heavy atom. The first-order valence-corrected chi connectivity index (χ1v) is 7.72. The van der Waals surface area contributed by atoms with Crippen molar-refractivity contribution in [3.05, 3.63) is 28.1 Å². The van der Waals surface area contributed by atoms with Crippen molar-refractivity contribution < 1.29 is 9.53 Å². The van der Waals surface area contributed by atoms with Crippen LogP contribution in [0.15, 0.2) is 33.0 Å². The Morgan fingerprint density at radius 3 is 2.70 bits per heavy atom. The number of nitrogens with zero attached hydrogens (tertiary/aromatic N) is 2. The van der Waals surface area contributed by atoms with E-state index >= 15 is 0 Å². The number of anilines is 1. The highest BCUT2D eigenvalue weighted by atomic mass is 32.2. The van der Waals surface area contributed by atoms with Gasteiger partial charge in [-0.05, 0) is 12.1 Å². The predicted octanol–water partition coefficient (Wildman–Crippen LogP) is 2.14. The van der Waals surface area contributed by atoms with E-state index in [0.29, 0.717) is 9.23 Å². The zero-order valence-corrected chi connectivity index (χ0v) is 13.2. The Bertz CT molecular complexity index is 659. The second-order valence-electron chi connectivity index (χ2n) is 4.17. The molecule has 0 saturated carbocycles. The number of nitrogens with two attached hydrogens (primary N) is 1. The lowest BCUT2D eigenvalue weighted by atomic mass is 10.3. The van der Waals surface area contributed by atoms with Gasteiger partial charge in [0.1, 0.15) is 10.7 Å². The molecular formula is C12H11N3O2S3. The van der Waals surface area contributed by atoms with Gasteiger partial charge in [0.05, 0.1) is 17.8 Å². The first-order valence-electron chi connectivity index (χ1n) is 5.67. The number of amides is 1. The summed E-state index contributed by atoms with van der Waals surface area (Å²) < 4.78 is 5.61. The molecule has 1 saturated heterocycles. The molecule has 104 valence electrons. The maximum absolute atomic E-state index is 12.1. The van der Waals surface area contributed by atoms with Crippen molar-refractivity contribution in [3.63, 3.8) is 0 Å². The average Bonchev–Trinajstić information content (AvgIpc) is 2.91. The van der Waals surface area contributed by atoms with Crippen LogP contribution in [0, 0.1) is 0 Å². The maximum atomic E-state index is 12.1. The van der Waals surface area contributed by atoms with Crippen LogP contribution < -0.4 is 15.5 Å². The molecule has 2 aliphatic heterocycles. The van der Waals surface area contributed by atoms with Crippen LogP contribution in [0.1, 0.15) is 0 Å². The van der Waals surface area contributed by atoms with E-state index < -0.39 is 0 Å². The average molecular weight is 325 g/mol. The van der Waals surface area contributed by atoms with Gasteiger partial charge in [-0.2, -0.15) is 0 Å². The van der Waals surface area contributed by atoms with Gasteiger partial charge in [-0.1, -0.05) is 35.7 Å². The zero-order chi connectivity index (χ0) is 14.4. The molecule has 5 nitrogen and oxygen atoms in total. The lowest BCUT2D eigenvalue weighted by Crippen LogP contribution is -2.35. The molecule has 1 amide bonds. The van der Waals surface area contributed by atoms with Crippen LogP contribution in [0.25, 0.3) is 0 Å². The third kappa shape index (κ3) is 1.99. The van der Waals surface area contributed by atoms with E-state index in [1.54, 1.807) is 7.11 Å². The van der Waals surface area contributed by atoms with Crippen molar-refractivity contribution in [1.29, 1.82) is 0 Å². The second-order valence-corrected chi connectivity index (χ2v) is 6.85. The summed E-state index contributed by atoms with van der Waals surface area (Å²) in [6.45, 7) is 0. The first kappa shape index (κ1) is 13.7. The third-order valence-corrected chi connectivity index (χ3v) is 5.79. The molecule has 1 aromatic carbocycles. The van der Waals surface area contributed by atoms with Crippen molar-refractivity contribution in [2.75, 3.05) is 19.1 Å². The predicted molar refractivity (Wildman–Crippen MR) is 85.5 cm³/mol. The van der Waals surface area contributed by atoms with Gasteiger partial charge in [0.15, 0.2) is 4.32 Å². The zero-order valence-electron chi connectivity index (χ0n) is 10.7. The summed E-state index contributed by atoms with van der Waals surface area (Å²) in [7, 11) is 3.54. The molecule has 2 N–H and O–H groups in total. The number of fused-ring (bicyclic) bond motifs is 1. The van der Waals surface area contributed by atoms with Gasteiger partial charge in [0, 0.05) is 18.0 Å². The van der Waals surface area contributed by atoms with Gasteiger partial charge >= 0.3 is 0 Å². The molecule has 1 fully saturated rings. The van der Waals surface area contributed by atoms with E-state index in [4.69, 9.17) is 22.8 Å². The lowest BCUT2D eigenvalue weighted by molar-refractivity contribution is -0.122. The number of hydrogen-bond acceptors (Lipinski definition) is 7. The fourth-order valence-corrected chi connectivity index (χ4v) is 4.37. The van der Waals surface area contributed by atoms with Gasteiger partial charge in [-0.15, -0.1) is 0 Å². The molecule has 2 heterocycles. The summed E-state index contributed by atoms with van der Waals surface area (Å²) in [5, 5.41) is 1.86. The molecule has 0 bridgehead atoms. The van der Waals surface area contributed by atoms with E-state index in [0.717, 1.165) is 26.4 Å². The van der Waals surface area contributed by atoms with Crippen LogP contribution in [0.2, 0.25) is 0 Å². The number of carbonyl (C=O) groups excluding carboxylic acids is 1. The van der Waals surface area contributed by atoms with Crippen molar-refractivity contribution in [3.8, 4) is 5.75 Å². The molecule has 0 spiro atoms. The first-order chi connectivity index (χ1) is 9.52. The highest BCUT2D eigenvalue weighted by molar-refractivity contribution is 8.27. The number of rotatable bonds is 1. The fourth-order valence-electron chi connectivity index (χ4n) is 1.96. The molecule has 2 aliphatic rings. The Hall–Kier alpha value is -1.22. The number of ether oxygens (including phenoxy) is 1. The van der Waals surface area contributed by atoms with Crippen molar-refractivity contribution >= 4 is 51.7 Å². The van der Waals surface area contributed by atoms with Crippen molar-refractivity contribution in [2.24, 2.45) is 5.84 Å². The molecule has 0 unspecified atom stereocenters. The maximum Gasteiger partial charge on any atom is 0.283 e. The van der Waals surface area contributed by atoms with Gasteiger partial charge in [-0.3, -0.25) is 4.79 Å². The Labute approximate surface area is 130 Å². The molecule has 8 heteroatoms. The number of carbonyl (C=O) groups is 1. The smallest absolute Gasteiger partial charge is 0.283 e. The summed E-state index contributed by atoms with van der Waals surface area (Å²) in [6, 6.07) is 5.82. The Kier molecular flexibility index (Phi) is 3.41. The molecular weight excluding hydrogens is 314 g/mol. The quantitative estimate of drug-likeness (QED) is 0.367. The standard InChI is InChI=1S/C12H11N3O2S3/c1-14-7-5-6(17-2)3-4-8(7)19-11(14)9-10(16)15(13)12(18)20-9/h3-5H,13H2,1-2H3/b11-9+. The van der Waals surface area contributed by atoms with Gasteiger partial charge in [0.2, 0.25) is 0 Å². The van der Waals surface area contributed by atoms with Crippen LogP contribution in [-0.4, -0.2) is 29.4 Å². The monoisotopic (exact) mass is 325 g/mol. The highest BCUT2D eigenvalue weighted by Gasteiger charge is 2.37. The van der Waals surface area contributed by atoms with Gasteiger partial charge < -0.3 is 9.64 Å². The SMILES string of the molecule is COc1ccc2c(c1)N(C)/C(=C1\SC(=S)N(N)C1=O)S2. The van der Waals surface area contributed by atoms with Crippen LogP contribution in [0.3, 0.4) is 0 Å². The van der Waals surface area contributed by atoms with E-state index in [9.17, 15) is 4.79 Å². The number of hydrazine groups is 1. The van der Waals surface area contributed by atoms with Crippen molar-refractivity contribution in [2.45, 2.75) is 4.90 Å². The van der Waals surface area contributed by atoms with Crippen LogP contribution in [0.4, 0.5) is 5.69 Å². The summed E-state index contributed by atoms with van der Waals surface area (Å²) in [5.41, 5.74) is 1.01. The minimum Gasteiger partial charge on any atom is -0.497 e. The van der Waals surface area contributed by atoms with Crippen LogP contribution in [-0.2, 0) is 4.79 Å². The number of methoxy groups -OCH3 is 1. The van der Waals surface area contributed by atoms with E-state index in [1.807, 2.05) is 30.1 Å². The van der Waals surface area contributed by atoms with Crippen LogP contribution in [0.5, 0.6) is 5.75 Å². The summed E-state index contributed by atoms with van der Waals surface area (Å²) in [6.07, 6.45) is 0. The second kappa shape index (κ2) is 4.96. The van der Waals surface area contributed by atoms with Gasteiger partial charge in [0.25, 0.3) is 5.91 Å². The number of hydrogen-bond donors (Lipinski definition) is 1. The normalized spacial score (nSPS) is 21.8. The molecule has 3 rings (SSSR count). The fraction of sp³-hybridized carbons (Fsp3) is 0.167. The number of benzene rings is 1. The highest BCUT2D eigenvalue weighted by Crippen LogP contribution is 2.50. The number of thiocarbonyl (C=S) groups is 1. The molecule has 0 radical (unpaired) electrons. The van der Waals surface area contributed by atoms with E-state index in [1.165, 1.54) is 23.5 Å². The van der Waals surface area contributed by atoms with E-state index in [2.05, 4.69) is 0 Å². The third-order valence-electron chi connectivity index (χ3n) is 3.03. The van der Waals surface area contributed by atoms with E-state index in [-0.39, 0.29) is 5.91 Å². The molecule has 0 atom stereocenters. The number of thioether (sulfide) groups is 2. The topological polar surface area (TPSA) is 58.8 Å². The van der Waals surface area contributed by atoms with Gasteiger partial charge in [-0.25, -0.2) is 10.9 Å². The summed E-state index contributed by atoms with van der Waals surface area (Å²) in [5.74, 6) is 6.14. The molecule has 20 heavy (non-hydrogen) atoms. The summed E-state index contributed by atoms with van der Waals surface area (Å²) >= 11 is 7.82. The minimum atomic E-state index is -0.255. The Balaban J connectivity index is 2.04. The minimum absolute atomic E-state index is 0.255. The molecule has 0 aromatic heterocycles. The van der Waals surface area contributed by atoms with Crippen LogP contribution >= 0.6 is 35.7 Å². The summed E-state index contributed by atoms with van der Waals surface area (Å²) in [4.78, 5) is 15.7. The Morgan fingerprint density at radius 1 is 1.35 bits per heavy atom.